The molecule has 0 fully saturated rings. The summed E-state index contributed by atoms with van der Waals surface area (Å²) >= 11 is 0. The minimum Gasteiger partial charge on any atom is -0.458 e. The van der Waals surface area contributed by atoms with Gasteiger partial charge in [0.2, 0.25) is 0 Å². The highest BCUT2D eigenvalue weighted by Gasteiger charge is 2.18. The number of esters is 2. The molecule has 0 aliphatic carbocycles. The van der Waals surface area contributed by atoms with Gasteiger partial charge in [0.15, 0.2) is 6.10 Å². The highest BCUT2D eigenvalue weighted by Crippen LogP contribution is 2.11. The van der Waals surface area contributed by atoms with Crippen molar-refractivity contribution in [2.75, 3.05) is 19.8 Å². The highest BCUT2D eigenvalue weighted by molar-refractivity contribution is 6.76. The third-order valence-corrected chi connectivity index (χ3v) is 4.74. The van der Waals surface area contributed by atoms with Crippen molar-refractivity contribution in [2.45, 2.75) is 52.1 Å². The van der Waals surface area contributed by atoms with E-state index in [0.717, 1.165) is 6.42 Å². The molecule has 1 unspecified atom stereocenters. The predicted molar refractivity (Wildman–Crippen MR) is 94.1 cm³/mol. The summed E-state index contributed by atoms with van der Waals surface area (Å²) in [7, 11) is -1.07. The number of hydrogen-bond acceptors (Lipinski definition) is 5. The fraction of sp³-hybridized carbons (Fsp3) is 0.647. The monoisotopic (exact) mass is 342 g/mol. The van der Waals surface area contributed by atoms with E-state index >= 15 is 0 Å². The second-order valence-electron chi connectivity index (χ2n) is 6.93. The first-order chi connectivity index (χ1) is 10.5. The Bertz CT molecular complexity index is 437. The van der Waals surface area contributed by atoms with Gasteiger partial charge in [-0.15, -0.1) is 0 Å². The van der Waals surface area contributed by atoms with Gasteiger partial charge >= 0.3 is 11.9 Å². The number of hydrogen-bond donors (Lipinski definition) is 0. The molecule has 0 aliphatic heterocycles. The maximum Gasteiger partial charge on any atom is 0.333 e. The van der Waals surface area contributed by atoms with Crippen molar-refractivity contribution >= 4 is 20.0 Å². The Morgan fingerprint density at radius 1 is 1.00 bits per heavy atom. The average molecular weight is 343 g/mol. The maximum absolute atomic E-state index is 11.6. The van der Waals surface area contributed by atoms with Gasteiger partial charge in [-0.1, -0.05) is 38.8 Å². The standard InChI is InChI=1S/C17H30O5Si/c1-13(2)16(18)21-12-15(22-17(19)14(3)4)11-20-9-8-10-23(5,6)7/h15H,1,3,8-12H2,2,4-7H3. The van der Waals surface area contributed by atoms with Crippen LogP contribution in [0.4, 0.5) is 0 Å². The van der Waals surface area contributed by atoms with Crippen molar-refractivity contribution in [2.24, 2.45) is 0 Å². The van der Waals surface area contributed by atoms with Gasteiger partial charge in [-0.2, -0.15) is 0 Å². The molecule has 132 valence electrons. The molecule has 0 aromatic heterocycles. The van der Waals surface area contributed by atoms with Crippen molar-refractivity contribution < 1.29 is 23.8 Å². The lowest BCUT2D eigenvalue weighted by Crippen LogP contribution is -2.30. The summed E-state index contributed by atoms with van der Waals surface area (Å²) in [5.41, 5.74) is 0.589. The van der Waals surface area contributed by atoms with Crippen LogP contribution in [0.3, 0.4) is 0 Å². The van der Waals surface area contributed by atoms with Crippen LogP contribution in [0.25, 0.3) is 0 Å². The first-order valence-corrected chi connectivity index (χ1v) is 11.5. The molecule has 0 heterocycles. The van der Waals surface area contributed by atoms with Gasteiger partial charge in [0, 0.05) is 25.8 Å². The Balaban J connectivity index is 4.31. The van der Waals surface area contributed by atoms with Gasteiger partial charge in [-0.25, -0.2) is 9.59 Å². The van der Waals surface area contributed by atoms with Crippen molar-refractivity contribution in [3.8, 4) is 0 Å². The number of carbonyl (C=O) groups is 2. The van der Waals surface area contributed by atoms with Crippen molar-refractivity contribution in [3.05, 3.63) is 24.3 Å². The van der Waals surface area contributed by atoms with Crippen LogP contribution >= 0.6 is 0 Å². The highest BCUT2D eigenvalue weighted by atomic mass is 28.3. The van der Waals surface area contributed by atoms with E-state index in [4.69, 9.17) is 14.2 Å². The maximum atomic E-state index is 11.6. The molecule has 0 radical (unpaired) electrons. The average Bonchev–Trinajstić information content (AvgIpc) is 2.41. The van der Waals surface area contributed by atoms with E-state index in [1.807, 2.05) is 0 Å². The Kier molecular flexibility index (Phi) is 9.75. The van der Waals surface area contributed by atoms with Crippen molar-refractivity contribution in [1.29, 1.82) is 0 Å². The third-order valence-electron chi connectivity index (χ3n) is 2.89. The molecule has 5 nitrogen and oxygen atoms in total. The smallest absolute Gasteiger partial charge is 0.333 e. The summed E-state index contributed by atoms with van der Waals surface area (Å²) < 4.78 is 15.8. The van der Waals surface area contributed by atoms with E-state index in [1.165, 1.54) is 6.04 Å². The van der Waals surface area contributed by atoms with E-state index in [2.05, 4.69) is 32.8 Å². The first kappa shape index (κ1) is 21.6. The Morgan fingerprint density at radius 3 is 2.04 bits per heavy atom. The molecule has 0 bridgehead atoms. The Labute approximate surface area is 140 Å². The molecule has 6 heteroatoms. The molecule has 0 aliphatic rings. The lowest BCUT2D eigenvalue weighted by atomic mass is 10.3. The molecule has 0 aromatic rings. The van der Waals surface area contributed by atoms with Crippen LogP contribution in [-0.2, 0) is 23.8 Å². The Morgan fingerprint density at radius 2 is 1.57 bits per heavy atom. The zero-order valence-corrected chi connectivity index (χ0v) is 16.1. The number of ether oxygens (including phenoxy) is 3. The summed E-state index contributed by atoms with van der Waals surface area (Å²) in [5, 5.41) is 0. The SMILES string of the molecule is C=C(C)C(=O)OCC(COCCC[Si](C)(C)C)OC(=O)C(=C)C. The first-order valence-electron chi connectivity index (χ1n) is 7.80. The molecule has 0 saturated heterocycles. The number of carbonyl (C=O) groups excluding carboxylic acids is 2. The van der Waals surface area contributed by atoms with Crippen LogP contribution in [0.2, 0.25) is 25.7 Å². The molecule has 0 saturated carbocycles. The van der Waals surface area contributed by atoms with E-state index in [1.54, 1.807) is 13.8 Å². The molecule has 0 spiro atoms. The zero-order chi connectivity index (χ0) is 18.0. The molecule has 23 heavy (non-hydrogen) atoms. The van der Waals surface area contributed by atoms with E-state index < -0.39 is 26.1 Å². The third kappa shape index (κ3) is 11.8. The van der Waals surface area contributed by atoms with Crippen LogP contribution in [0, 0.1) is 0 Å². The lowest BCUT2D eigenvalue weighted by Gasteiger charge is -2.19. The van der Waals surface area contributed by atoms with Crippen LogP contribution in [0.1, 0.15) is 20.3 Å². The lowest BCUT2D eigenvalue weighted by molar-refractivity contribution is -0.157. The van der Waals surface area contributed by atoms with Gasteiger partial charge in [0.1, 0.15) is 6.61 Å². The van der Waals surface area contributed by atoms with E-state index in [-0.39, 0.29) is 13.2 Å². The van der Waals surface area contributed by atoms with Crippen LogP contribution in [0.5, 0.6) is 0 Å². The Hall–Kier alpha value is -1.40. The molecule has 0 rings (SSSR count). The minimum atomic E-state index is -1.07. The van der Waals surface area contributed by atoms with E-state index in [0.29, 0.717) is 17.8 Å². The van der Waals surface area contributed by atoms with Gasteiger partial charge in [-0.3, -0.25) is 0 Å². The normalized spacial score (nSPS) is 12.4. The quantitative estimate of drug-likeness (QED) is 0.249. The minimum absolute atomic E-state index is 0.0568. The zero-order valence-electron chi connectivity index (χ0n) is 15.1. The summed E-state index contributed by atoms with van der Waals surface area (Å²) in [5.74, 6) is -1.04. The fourth-order valence-corrected chi connectivity index (χ4v) is 2.78. The second-order valence-corrected chi connectivity index (χ2v) is 12.5. The summed E-state index contributed by atoms with van der Waals surface area (Å²) in [4.78, 5) is 23.1. The van der Waals surface area contributed by atoms with E-state index in [9.17, 15) is 9.59 Å². The fourth-order valence-electron chi connectivity index (χ4n) is 1.58. The predicted octanol–water partition coefficient (Wildman–Crippen LogP) is 3.34. The second kappa shape index (κ2) is 10.4. The molecule has 0 amide bonds. The van der Waals surface area contributed by atoms with Crippen LogP contribution in [0.15, 0.2) is 24.3 Å². The molecule has 0 N–H and O–H groups in total. The van der Waals surface area contributed by atoms with Crippen LogP contribution < -0.4 is 0 Å². The molecule has 0 aromatic carbocycles. The molecular weight excluding hydrogens is 312 g/mol. The van der Waals surface area contributed by atoms with Crippen molar-refractivity contribution in [1.82, 2.24) is 0 Å². The summed E-state index contributed by atoms with van der Waals surface area (Å²) in [6, 6.07) is 1.17. The molecule has 1 atom stereocenters. The van der Waals surface area contributed by atoms with Gasteiger partial charge in [-0.05, 0) is 20.3 Å². The van der Waals surface area contributed by atoms with Gasteiger partial charge in [0.05, 0.1) is 6.61 Å². The summed E-state index contributed by atoms with van der Waals surface area (Å²) in [6.07, 6.45) is 0.331. The van der Waals surface area contributed by atoms with Gasteiger partial charge in [0.25, 0.3) is 0 Å². The van der Waals surface area contributed by atoms with Gasteiger partial charge < -0.3 is 14.2 Å². The molecular formula is C17H30O5Si. The number of rotatable bonds is 11. The largest absolute Gasteiger partial charge is 0.458 e. The van der Waals surface area contributed by atoms with Crippen molar-refractivity contribution in [3.63, 3.8) is 0 Å². The topological polar surface area (TPSA) is 61.8 Å². The van der Waals surface area contributed by atoms with Crippen LogP contribution in [-0.4, -0.2) is 45.9 Å². The summed E-state index contributed by atoms with van der Waals surface area (Å²) in [6.45, 7) is 17.8.